The molecule has 0 bridgehead atoms. The summed E-state index contributed by atoms with van der Waals surface area (Å²) < 4.78 is 0. The fraction of sp³-hybridized carbons (Fsp3) is 0.250. The predicted octanol–water partition coefficient (Wildman–Crippen LogP) is 2.68. The first-order chi connectivity index (χ1) is 5.74. The van der Waals surface area contributed by atoms with Crippen molar-refractivity contribution in [3.8, 4) is 11.8 Å². The van der Waals surface area contributed by atoms with Crippen molar-refractivity contribution in [3.63, 3.8) is 0 Å². The molecule has 0 heteroatoms. The number of benzene rings is 1. The fourth-order valence-corrected chi connectivity index (χ4v) is 1.08. The highest BCUT2D eigenvalue weighted by atomic mass is 14.0. The lowest BCUT2D eigenvalue weighted by atomic mass is 10.0. The highest BCUT2D eigenvalue weighted by Crippen LogP contribution is 2.09. The molecule has 0 spiro atoms. The van der Waals surface area contributed by atoms with Crippen LogP contribution in [0.15, 0.2) is 18.2 Å². The Bertz CT molecular complexity index is 324. The minimum atomic E-state index is 0.810. The van der Waals surface area contributed by atoms with Gasteiger partial charge in [-0.25, -0.2) is 0 Å². The molecule has 0 nitrogen and oxygen atoms in total. The Morgan fingerprint density at radius 3 is 2.58 bits per heavy atom. The van der Waals surface area contributed by atoms with E-state index in [0.717, 1.165) is 6.42 Å². The van der Waals surface area contributed by atoms with Gasteiger partial charge in [0.15, 0.2) is 0 Å². The van der Waals surface area contributed by atoms with E-state index in [2.05, 4.69) is 50.8 Å². The molecule has 0 fully saturated rings. The third kappa shape index (κ3) is 2.13. The Morgan fingerprint density at radius 2 is 2.00 bits per heavy atom. The Morgan fingerprint density at radius 1 is 1.25 bits per heavy atom. The highest BCUT2D eigenvalue weighted by Gasteiger charge is 1.93. The van der Waals surface area contributed by atoms with Gasteiger partial charge in [0.2, 0.25) is 0 Å². The van der Waals surface area contributed by atoms with Crippen LogP contribution in [0.3, 0.4) is 0 Å². The van der Waals surface area contributed by atoms with Crippen LogP contribution >= 0.6 is 0 Å². The van der Waals surface area contributed by atoms with Crippen molar-refractivity contribution in [2.24, 2.45) is 0 Å². The van der Waals surface area contributed by atoms with Gasteiger partial charge in [-0.1, -0.05) is 24.1 Å². The summed E-state index contributed by atoms with van der Waals surface area (Å²) in [5.41, 5.74) is 3.94. The van der Waals surface area contributed by atoms with Gasteiger partial charge in [0, 0.05) is 13.3 Å². The van der Waals surface area contributed by atoms with Gasteiger partial charge in [-0.05, 0) is 30.5 Å². The Kier molecular flexibility index (Phi) is 2.94. The highest BCUT2D eigenvalue weighted by molar-refractivity contribution is 5.32. The van der Waals surface area contributed by atoms with Gasteiger partial charge < -0.3 is 0 Å². The summed E-state index contributed by atoms with van der Waals surface area (Å²) in [6, 6.07) is 6.43. The van der Waals surface area contributed by atoms with E-state index in [-0.39, 0.29) is 0 Å². The smallest absolute Gasteiger partial charge is 0.0340 e. The van der Waals surface area contributed by atoms with Crippen LogP contribution in [0.2, 0.25) is 0 Å². The molecular formula is C12H13. The summed E-state index contributed by atoms with van der Waals surface area (Å²) in [7, 11) is 0. The average molecular weight is 157 g/mol. The second-order valence-electron chi connectivity index (χ2n) is 2.95. The molecule has 0 aliphatic heterocycles. The quantitative estimate of drug-likeness (QED) is 0.550. The Hall–Kier alpha value is -1.22. The molecule has 0 aromatic heterocycles. The first-order valence-electron chi connectivity index (χ1n) is 4.05. The molecule has 0 aliphatic rings. The number of hydrogen-bond acceptors (Lipinski definition) is 0. The van der Waals surface area contributed by atoms with Crippen molar-refractivity contribution in [1.82, 2.24) is 0 Å². The minimum absolute atomic E-state index is 0.810. The van der Waals surface area contributed by atoms with E-state index >= 15 is 0 Å². The van der Waals surface area contributed by atoms with Gasteiger partial charge in [0.05, 0.1) is 0 Å². The lowest BCUT2D eigenvalue weighted by molar-refractivity contribution is 1.25. The monoisotopic (exact) mass is 157 g/mol. The van der Waals surface area contributed by atoms with Gasteiger partial charge in [-0.3, -0.25) is 0 Å². The summed E-state index contributed by atoms with van der Waals surface area (Å²) in [5.74, 6) is 5.60. The van der Waals surface area contributed by atoms with Crippen molar-refractivity contribution in [2.75, 3.05) is 0 Å². The molecule has 0 amide bonds. The van der Waals surface area contributed by atoms with Crippen molar-refractivity contribution in [3.05, 3.63) is 41.8 Å². The molecular weight excluding hydrogens is 144 g/mol. The van der Waals surface area contributed by atoms with Gasteiger partial charge in [0.1, 0.15) is 0 Å². The fourth-order valence-electron chi connectivity index (χ4n) is 1.08. The molecule has 0 heterocycles. The van der Waals surface area contributed by atoms with Crippen LogP contribution in [0, 0.1) is 32.6 Å². The van der Waals surface area contributed by atoms with Crippen molar-refractivity contribution in [2.45, 2.75) is 20.3 Å². The molecule has 0 atom stereocenters. The second-order valence-corrected chi connectivity index (χ2v) is 2.95. The number of rotatable bonds is 1. The van der Waals surface area contributed by atoms with Gasteiger partial charge in [-0.15, -0.1) is 5.92 Å². The average Bonchev–Trinajstić information content (AvgIpc) is 2.07. The summed E-state index contributed by atoms with van der Waals surface area (Å²) in [4.78, 5) is 0. The van der Waals surface area contributed by atoms with E-state index in [0.29, 0.717) is 0 Å². The molecule has 0 unspecified atom stereocenters. The summed E-state index contributed by atoms with van der Waals surface area (Å²) in [6.45, 7) is 7.72. The van der Waals surface area contributed by atoms with E-state index in [1.165, 1.54) is 16.7 Å². The SMILES string of the molecule is [CH2]C#CCc1ccc(C)c(C)c1. The topological polar surface area (TPSA) is 0 Å². The zero-order valence-electron chi connectivity index (χ0n) is 7.65. The zero-order chi connectivity index (χ0) is 8.97. The summed E-state index contributed by atoms with van der Waals surface area (Å²) >= 11 is 0. The molecule has 1 rings (SSSR count). The van der Waals surface area contributed by atoms with Crippen LogP contribution in [-0.2, 0) is 6.42 Å². The molecule has 61 valence electrons. The Labute approximate surface area is 74.6 Å². The van der Waals surface area contributed by atoms with E-state index in [1.54, 1.807) is 0 Å². The van der Waals surface area contributed by atoms with Crippen molar-refractivity contribution >= 4 is 0 Å². The van der Waals surface area contributed by atoms with Crippen LogP contribution in [0.4, 0.5) is 0 Å². The molecule has 0 aliphatic carbocycles. The molecule has 1 aromatic carbocycles. The van der Waals surface area contributed by atoms with E-state index in [1.807, 2.05) is 0 Å². The normalized spacial score (nSPS) is 8.92. The maximum atomic E-state index is 3.48. The zero-order valence-corrected chi connectivity index (χ0v) is 7.65. The van der Waals surface area contributed by atoms with Gasteiger partial charge in [0.25, 0.3) is 0 Å². The van der Waals surface area contributed by atoms with Gasteiger partial charge in [-0.2, -0.15) is 0 Å². The van der Waals surface area contributed by atoms with Crippen LogP contribution in [-0.4, -0.2) is 0 Å². The standard InChI is InChI=1S/C12H13/c1-4-5-6-12-8-7-10(2)11(3)9-12/h7-9H,1,6H2,2-3H3. The second kappa shape index (κ2) is 3.97. The molecule has 0 N–H and O–H groups in total. The van der Waals surface area contributed by atoms with Crippen LogP contribution in [0.5, 0.6) is 0 Å². The van der Waals surface area contributed by atoms with E-state index in [4.69, 9.17) is 0 Å². The molecule has 1 radical (unpaired) electrons. The van der Waals surface area contributed by atoms with Crippen LogP contribution in [0.1, 0.15) is 16.7 Å². The lowest BCUT2D eigenvalue weighted by Gasteiger charge is -2.01. The molecule has 1 aromatic rings. The summed E-state index contributed by atoms with van der Waals surface area (Å²) in [6.07, 6.45) is 0.810. The van der Waals surface area contributed by atoms with E-state index < -0.39 is 0 Å². The molecule has 0 saturated heterocycles. The maximum Gasteiger partial charge on any atom is 0.0340 e. The van der Waals surface area contributed by atoms with Gasteiger partial charge >= 0.3 is 0 Å². The maximum absolute atomic E-state index is 3.48. The number of hydrogen-bond donors (Lipinski definition) is 0. The minimum Gasteiger partial charge on any atom is -0.102 e. The summed E-state index contributed by atoms with van der Waals surface area (Å²) in [5, 5.41) is 0. The largest absolute Gasteiger partial charge is 0.102 e. The lowest BCUT2D eigenvalue weighted by Crippen LogP contribution is -1.85. The molecule has 12 heavy (non-hydrogen) atoms. The number of aryl methyl sites for hydroxylation is 2. The molecule has 0 saturated carbocycles. The van der Waals surface area contributed by atoms with Crippen molar-refractivity contribution in [1.29, 1.82) is 0 Å². The van der Waals surface area contributed by atoms with Crippen LogP contribution in [0.25, 0.3) is 0 Å². The Balaban J connectivity index is 2.87. The van der Waals surface area contributed by atoms with Crippen molar-refractivity contribution < 1.29 is 0 Å². The first kappa shape index (κ1) is 8.87. The van der Waals surface area contributed by atoms with Crippen LogP contribution < -0.4 is 0 Å². The van der Waals surface area contributed by atoms with E-state index in [9.17, 15) is 0 Å². The predicted molar refractivity (Wildman–Crippen MR) is 52.8 cm³/mol. The first-order valence-corrected chi connectivity index (χ1v) is 4.05. The third-order valence-corrected chi connectivity index (χ3v) is 1.99. The third-order valence-electron chi connectivity index (χ3n) is 1.99.